The zero-order valence-electron chi connectivity index (χ0n) is 17.1. The molecule has 0 saturated heterocycles. The molecule has 2 aromatic carbocycles. The summed E-state index contributed by atoms with van der Waals surface area (Å²) in [6.07, 6.45) is 0.996. The molecule has 0 spiro atoms. The van der Waals surface area contributed by atoms with Crippen molar-refractivity contribution in [1.29, 1.82) is 0 Å². The van der Waals surface area contributed by atoms with E-state index in [-0.39, 0.29) is 24.1 Å². The monoisotopic (exact) mass is 522 g/mol. The molecule has 168 valence electrons. The van der Waals surface area contributed by atoms with E-state index in [2.05, 4.69) is 15.9 Å². The van der Waals surface area contributed by atoms with E-state index in [4.69, 9.17) is 35.3 Å². The van der Waals surface area contributed by atoms with Crippen LogP contribution in [-0.4, -0.2) is 37.5 Å². The molecule has 3 aromatic rings. The van der Waals surface area contributed by atoms with Crippen molar-refractivity contribution in [1.82, 2.24) is 0 Å². The van der Waals surface area contributed by atoms with Crippen molar-refractivity contribution in [2.75, 3.05) is 20.3 Å². The fourth-order valence-electron chi connectivity index (χ4n) is 3.55. The summed E-state index contributed by atoms with van der Waals surface area (Å²) in [4.78, 5) is 23.5. The highest BCUT2D eigenvalue weighted by Crippen LogP contribution is 2.39. The Hall–Kier alpha value is -2.55. The second kappa shape index (κ2) is 9.52. The van der Waals surface area contributed by atoms with Gasteiger partial charge in [-0.1, -0.05) is 17.7 Å². The third-order valence-electron chi connectivity index (χ3n) is 5.36. The lowest BCUT2D eigenvalue weighted by Gasteiger charge is -2.32. The van der Waals surface area contributed by atoms with E-state index in [0.717, 1.165) is 0 Å². The number of methoxy groups -OCH3 is 1. The van der Waals surface area contributed by atoms with Gasteiger partial charge < -0.3 is 23.7 Å². The molecule has 0 radical (unpaired) electrons. The standard InChI is InChI=1S/C23H20BrClO7/c1-29-19-10-16(24)21(31-6-5-30-13-7-12(8-13)23(27)28)9-15(19)20-11-18(26)14-3-2-4-17(25)22(14)32-20/h2-4,9-13H,5-8H2,1H3,(H,27,28)/t12-,13+. The molecule has 1 fully saturated rings. The molecule has 4 rings (SSSR count). The fraction of sp³-hybridized carbons (Fsp3) is 0.304. The van der Waals surface area contributed by atoms with Gasteiger partial charge in [0, 0.05) is 6.07 Å². The first-order valence-electron chi connectivity index (χ1n) is 9.95. The minimum atomic E-state index is -0.780. The smallest absolute Gasteiger partial charge is 0.306 e. The van der Waals surface area contributed by atoms with Crippen molar-refractivity contribution in [3.8, 4) is 22.8 Å². The number of ether oxygens (including phenoxy) is 3. The quantitative estimate of drug-likeness (QED) is 0.408. The maximum absolute atomic E-state index is 12.6. The average Bonchev–Trinajstić information content (AvgIpc) is 2.73. The highest BCUT2D eigenvalue weighted by molar-refractivity contribution is 9.10. The molecule has 32 heavy (non-hydrogen) atoms. The molecule has 9 heteroatoms. The Morgan fingerprint density at radius 1 is 1.22 bits per heavy atom. The summed E-state index contributed by atoms with van der Waals surface area (Å²) in [5, 5.41) is 9.66. The van der Waals surface area contributed by atoms with E-state index in [0.29, 0.717) is 62.7 Å². The lowest BCUT2D eigenvalue weighted by Crippen LogP contribution is -2.37. The highest BCUT2D eigenvalue weighted by atomic mass is 79.9. The number of halogens is 2. The van der Waals surface area contributed by atoms with Gasteiger partial charge in [0.2, 0.25) is 0 Å². The predicted molar refractivity (Wildman–Crippen MR) is 123 cm³/mol. The number of carboxylic acids is 1. The van der Waals surface area contributed by atoms with Crippen LogP contribution in [0.3, 0.4) is 0 Å². The Labute approximate surface area is 197 Å². The maximum atomic E-state index is 12.6. The van der Waals surface area contributed by atoms with Crippen LogP contribution in [0.2, 0.25) is 5.02 Å². The van der Waals surface area contributed by atoms with Crippen molar-refractivity contribution in [2.45, 2.75) is 18.9 Å². The van der Waals surface area contributed by atoms with Gasteiger partial charge in [0.25, 0.3) is 0 Å². The Bertz CT molecular complexity index is 1220. The Kier molecular flexibility index (Phi) is 6.74. The molecule has 1 aliphatic rings. The van der Waals surface area contributed by atoms with Gasteiger partial charge in [-0.15, -0.1) is 0 Å². The molecule has 0 atom stereocenters. The van der Waals surface area contributed by atoms with E-state index in [1.54, 1.807) is 30.3 Å². The van der Waals surface area contributed by atoms with Crippen molar-refractivity contribution in [2.24, 2.45) is 5.92 Å². The van der Waals surface area contributed by atoms with Crippen LogP contribution >= 0.6 is 27.5 Å². The number of carbonyl (C=O) groups is 1. The number of fused-ring (bicyclic) bond motifs is 1. The molecule has 7 nitrogen and oxygen atoms in total. The fourth-order valence-corrected chi connectivity index (χ4v) is 4.20. The second-order valence-corrected chi connectivity index (χ2v) is 8.68. The Morgan fingerprint density at radius 3 is 2.72 bits per heavy atom. The summed E-state index contributed by atoms with van der Waals surface area (Å²) in [7, 11) is 1.52. The third-order valence-corrected chi connectivity index (χ3v) is 6.28. The molecular formula is C23H20BrClO7. The first kappa shape index (κ1) is 22.6. The van der Waals surface area contributed by atoms with Crippen LogP contribution in [0.25, 0.3) is 22.3 Å². The van der Waals surface area contributed by atoms with Gasteiger partial charge in [0.15, 0.2) is 11.0 Å². The average molecular weight is 524 g/mol. The Morgan fingerprint density at radius 2 is 2.00 bits per heavy atom. The van der Waals surface area contributed by atoms with E-state index in [1.165, 1.54) is 13.2 Å². The lowest BCUT2D eigenvalue weighted by molar-refractivity contribution is -0.151. The second-order valence-electron chi connectivity index (χ2n) is 7.42. The van der Waals surface area contributed by atoms with Crippen LogP contribution in [-0.2, 0) is 9.53 Å². The number of hydrogen-bond acceptors (Lipinski definition) is 6. The summed E-state index contributed by atoms with van der Waals surface area (Å²) in [5.74, 6) is 0.213. The van der Waals surface area contributed by atoms with Gasteiger partial charge >= 0.3 is 5.97 Å². The number of aliphatic carboxylic acids is 1. The molecule has 1 aromatic heterocycles. The maximum Gasteiger partial charge on any atom is 0.306 e. The van der Waals surface area contributed by atoms with Gasteiger partial charge in [-0.2, -0.15) is 0 Å². The summed E-state index contributed by atoms with van der Waals surface area (Å²) < 4.78 is 23.6. The van der Waals surface area contributed by atoms with E-state index < -0.39 is 5.97 Å². The topological polar surface area (TPSA) is 95.2 Å². The molecular weight excluding hydrogens is 504 g/mol. The van der Waals surface area contributed by atoms with Gasteiger partial charge in [0.1, 0.15) is 23.9 Å². The normalized spacial score (nSPS) is 17.7. The predicted octanol–water partition coefficient (Wildman–Crippen LogP) is 5.14. The van der Waals surface area contributed by atoms with Crippen LogP contribution in [0.4, 0.5) is 0 Å². The van der Waals surface area contributed by atoms with Crippen LogP contribution in [0, 0.1) is 5.92 Å². The van der Waals surface area contributed by atoms with E-state index in [1.807, 2.05) is 0 Å². The highest BCUT2D eigenvalue weighted by Gasteiger charge is 2.35. The minimum Gasteiger partial charge on any atom is -0.496 e. The van der Waals surface area contributed by atoms with Gasteiger partial charge in [0.05, 0.1) is 46.2 Å². The van der Waals surface area contributed by atoms with Gasteiger partial charge in [-0.3, -0.25) is 9.59 Å². The van der Waals surface area contributed by atoms with Crippen molar-refractivity contribution >= 4 is 44.5 Å². The van der Waals surface area contributed by atoms with Crippen molar-refractivity contribution < 1.29 is 28.5 Å². The number of hydrogen-bond donors (Lipinski definition) is 1. The van der Waals surface area contributed by atoms with Crippen molar-refractivity contribution in [3.05, 3.63) is 56.1 Å². The van der Waals surface area contributed by atoms with Crippen LogP contribution < -0.4 is 14.9 Å². The number of benzene rings is 2. The zero-order chi connectivity index (χ0) is 22.8. The van der Waals surface area contributed by atoms with Crippen LogP contribution in [0.5, 0.6) is 11.5 Å². The van der Waals surface area contributed by atoms with Crippen LogP contribution in [0.1, 0.15) is 12.8 Å². The first-order valence-corrected chi connectivity index (χ1v) is 11.1. The molecule has 0 bridgehead atoms. The molecule has 0 aliphatic heterocycles. The number of carboxylic acid groups (broad SMARTS) is 1. The lowest BCUT2D eigenvalue weighted by atomic mass is 9.82. The molecule has 1 saturated carbocycles. The molecule has 1 heterocycles. The summed E-state index contributed by atoms with van der Waals surface area (Å²) in [6, 6.07) is 9.85. The molecule has 0 amide bonds. The van der Waals surface area contributed by atoms with Crippen LogP contribution in [0.15, 0.2) is 50.1 Å². The number of para-hydroxylation sites is 1. The molecule has 1 aliphatic carbocycles. The largest absolute Gasteiger partial charge is 0.496 e. The van der Waals surface area contributed by atoms with Gasteiger partial charge in [-0.05, 0) is 53.0 Å². The minimum absolute atomic E-state index is 0.0498. The summed E-state index contributed by atoms with van der Waals surface area (Å²) in [6.45, 7) is 0.595. The third kappa shape index (κ3) is 4.62. The summed E-state index contributed by atoms with van der Waals surface area (Å²) >= 11 is 9.69. The Balaban J connectivity index is 1.53. The number of rotatable bonds is 8. The SMILES string of the molecule is COc1cc(Br)c(OCCO[C@H]2C[C@@H](C(=O)O)C2)cc1-c1cc(=O)c2cccc(Cl)c2o1. The first-order chi connectivity index (χ1) is 15.4. The van der Waals surface area contributed by atoms with E-state index >= 15 is 0 Å². The molecule has 0 unspecified atom stereocenters. The van der Waals surface area contributed by atoms with Gasteiger partial charge in [-0.25, -0.2) is 0 Å². The van der Waals surface area contributed by atoms with Crippen molar-refractivity contribution in [3.63, 3.8) is 0 Å². The van der Waals surface area contributed by atoms with E-state index in [9.17, 15) is 9.59 Å². The molecule has 1 N–H and O–H groups in total. The zero-order valence-corrected chi connectivity index (χ0v) is 19.4. The summed E-state index contributed by atoms with van der Waals surface area (Å²) in [5.41, 5.74) is 0.622.